The highest BCUT2D eigenvalue weighted by atomic mass is 79.9. The molecule has 0 aliphatic carbocycles. The molecule has 1 aromatic heterocycles. The number of nitrogens with one attached hydrogen (secondary N) is 1. The van der Waals surface area contributed by atoms with Gasteiger partial charge in [0.25, 0.3) is 6.20 Å². The Balaban J connectivity index is 2.84. The summed E-state index contributed by atoms with van der Waals surface area (Å²) < 4.78 is 0. The topological polar surface area (TPSA) is 71.3 Å². The second-order valence-electron chi connectivity index (χ2n) is 3.18. The van der Waals surface area contributed by atoms with E-state index in [1.54, 1.807) is 23.7 Å². The first-order valence-electron chi connectivity index (χ1n) is 4.90. The van der Waals surface area contributed by atoms with E-state index in [0.717, 1.165) is 11.1 Å². The summed E-state index contributed by atoms with van der Waals surface area (Å²) in [5, 5.41) is 13.5. The Hall–Kier alpha value is -1.15. The van der Waals surface area contributed by atoms with Gasteiger partial charge in [-0.3, -0.25) is 15.1 Å². The van der Waals surface area contributed by atoms with E-state index in [9.17, 15) is 10.1 Å². The van der Waals surface area contributed by atoms with Crippen molar-refractivity contribution in [2.75, 3.05) is 13.6 Å². The van der Waals surface area contributed by atoms with Crippen LogP contribution in [0.15, 0.2) is 23.7 Å². The van der Waals surface area contributed by atoms with Crippen LogP contribution < -0.4 is 5.32 Å². The predicted octanol–water partition coefficient (Wildman–Crippen LogP) is 2.15. The number of alkyl halides is 1. The summed E-state index contributed by atoms with van der Waals surface area (Å²) in [5.74, 6) is 0.452. The van der Waals surface area contributed by atoms with Gasteiger partial charge in [-0.2, -0.15) is 0 Å². The van der Waals surface area contributed by atoms with Gasteiger partial charge in [-0.05, 0) is 6.92 Å². The fourth-order valence-electron chi connectivity index (χ4n) is 1.20. The Morgan fingerprint density at radius 3 is 3.06 bits per heavy atom. The van der Waals surface area contributed by atoms with Crippen molar-refractivity contribution >= 4 is 27.3 Å². The second kappa shape index (κ2) is 6.55. The highest BCUT2D eigenvalue weighted by molar-refractivity contribution is 9.09. The standard InChI is InChI=1S/C9H13BrN4O2S/c1-3-12-8(5-14(15)16)13(2)9(10)7-4-11-6-17-7/h4-6,9,12H,3H2,1-2H3. The highest BCUT2D eigenvalue weighted by Gasteiger charge is 2.19. The zero-order chi connectivity index (χ0) is 12.8. The van der Waals surface area contributed by atoms with Crippen molar-refractivity contribution in [2.45, 2.75) is 11.9 Å². The van der Waals surface area contributed by atoms with E-state index in [0.29, 0.717) is 12.4 Å². The van der Waals surface area contributed by atoms with Crippen molar-refractivity contribution in [3.63, 3.8) is 0 Å². The minimum absolute atomic E-state index is 0.139. The third-order valence-electron chi connectivity index (χ3n) is 1.99. The Morgan fingerprint density at radius 2 is 2.59 bits per heavy atom. The number of hydrogen-bond donors (Lipinski definition) is 1. The molecule has 0 radical (unpaired) electrons. The molecule has 0 aliphatic rings. The molecule has 6 nitrogen and oxygen atoms in total. The van der Waals surface area contributed by atoms with E-state index in [4.69, 9.17) is 0 Å². The molecule has 94 valence electrons. The molecular weight excluding hydrogens is 308 g/mol. The number of rotatable bonds is 6. The molecule has 17 heavy (non-hydrogen) atoms. The zero-order valence-electron chi connectivity index (χ0n) is 9.46. The SMILES string of the molecule is CCNC(=C[N+](=O)[O-])N(C)C(Br)c1cncs1. The van der Waals surface area contributed by atoms with E-state index in [1.165, 1.54) is 11.3 Å². The van der Waals surface area contributed by atoms with Crippen LogP contribution in [0, 0.1) is 10.1 Å². The normalized spacial score (nSPS) is 13.2. The average Bonchev–Trinajstić information content (AvgIpc) is 2.79. The number of halogens is 1. The predicted molar refractivity (Wildman–Crippen MR) is 70.3 cm³/mol. The second-order valence-corrected chi connectivity index (χ2v) is 4.97. The highest BCUT2D eigenvalue weighted by Crippen LogP contribution is 2.30. The Kier molecular flexibility index (Phi) is 5.36. The van der Waals surface area contributed by atoms with Crippen molar-refractivity contribution in [3.8, 4) is 0 Å². The van der Waals surface area contributed by atoms with Crippen LogP contribution >= 0.6 is 27.3 Å². The van der Waals surface area contributed by atoms with E-state index < -0.39 is 4.92 Å². The lowest BCUT2D eigenvalue weighted by molar-refractivity contribution is -0.404. The minimum atomic E-state index is -0.471. The zero-order valence-corrected chi connectivity index (χ0v) is 11.9. The van der Waals surface area contributed by atoms with Crippen molar-refractivity contribution in [1.82, 2.24) is 15.2 Å². The third-order valence-corrected chi connectivity index (χ3v) is 4.23. The Bertz CT molecular complexity index is 396. The monoisotopic (exact) mass is 320 g/mol. The number of hydrogen-bond acceptors (Lipinski definition) is 6. The van der Waals surface area contributed by atoms with Crippen molar-refractivity contribution in [3.05, 3.63) is 38.7 Å². The molecule has 0 spiro atoms. The van der Waals surface area contributed by atoms with Gasteiger partial charge in [-0.25, -0.2) is 0 Å². The molecule has 1 N–H and O–H groups in total. The van der Waals surface area contributed by atoms with Gasteiger partial charge < -0.3 is 10.2 Å². The molecule has 8 heteroatoms. The molecule has 0 aliphatic heterocycles. The van der Waals surface area contributed by atoms with Crippen LogP contribution in [0.25, 0.3) is 0 Å². The van der Waals surface area contributed by atoms with E-state index in [1.807, 2.05) is 6.92 Å². The molecule has 0 amide bonds. The van der Waals surface area contributed by atoms with Gasteiger partial charge in [0.05, 0.1) is 15.3 Å². The first-order chi connectivity index (χ1) is 8.06. The minimum Gasteiger partial charge on any atom is -0.367 e. The summed E-state index contributed by atoms with van der Waals surface area (Å²) >= 11 is 4.97. The molecule has 0 saturated carbocycles. The maximum atomic E-state index is 10.5. The van der Waals surface area contributed by atoms with E-state index >= 15 is 0 Å². The maximum Gasteiger partial charge on any atom is 0.274 e. The molecule has 0 fully saturated rings. The molecule has 1 atom stereocenters. The fraction of sp³-hybridized carbons (Fsp3) is 0.444. The molecule has 0 saturated heterocycles. The quantitative estimate of drug-likeness (QED) is 0.376. The summed E-state index contributed by atoms with van der Waals surface area (Å²) in [4.78, 5) is 16.6. The lowest BCUT2D eigenvalue weighted by Crippen LogP contribution is -2.30. The van der Waals surface area contributed by atoms with Crippen molar-refractivity contribution < 1.29 is 4.92 Å². The van der Waals surface area contributed by atoms with E-state index in [-0.39, 0.29) is 4.95 Å². The van der Waals surface area contributed by atoms with Crippen molar-refractivity contribution in [1.29, 1.82) is 0 Å². The average molecular weight is 321 g/mol. The van der Waals surface area contributed by atoms with Gasteiger partial charge in [0.15, 0.2) is 5.82 Å². The van der Waals surface area contributed by atoms with Gasteiger partial charge in [-0.15, -0.1) is 11.3 Å². The first-order valence-corrected chi connectivity index (χ1v) is 6.70. The summed E-state index contributed by atoms with van der Waals surface area (Å²) in [5.41, 5.74) is 1.72. The number of aromatic nitrogens is 1. The Labute approximate surface area is 112 Å². The molecule has 1 heterocycles. The van der Waals surface area contributed by atoms with Crippen LogP contribution in [0.3, 0.4) is 0 Å². The van der Waals surface area contributed by atoms with Crippen LogP contribution in [-0.2, 0) is 0 Å². The number of nitro groups is 1. The molecule has 1 unspecified atom stereocenters. The molecule has 0 aromatic carbocycles. The summed E-state index contributed by atoms with van der Waals surface area (Å²) in [7, 11) is 1.77. The maximum absolute atomic E-state index is 10.5. The molecular formula is C9H13BrN4O2S. The van der Waals surface area contributed by atoms with Gasteiger partial charge in [0, 0.05) is 19.8 Å². The number of thiazole rings is 1. The fourth-order valence-corrected chi connectivity index (χ4v) is 2.50. The largest absolute Gasteiger partial charge is 0.367 e. The van der Waals surface area contributed by atoms with E-state index in [2.05, 4.69) is 26.2 Å². The third kappa shape index (κ3) is 3.97. The molecule has 0 bridgehead atoms. The van der Waals surface area contributed by atoms with Crippen LogP contribution in [0.2, 0.25) is 0 Å². The lowest BCUT2D eigenvalue weighted by Gasteiger charge is -2.25. The van der Waals surface area contributed by atoms with Gasteiger partial charge in [-0.1, -0.05) is 15.9 Å². The summed E-state index contributed by atoms with van der Waals surface area (Å²) in [6.45, 7) is 2.50. The van der Waals surface area contributed by atoms with Crippen LogP contribution in [0.5, 0.6) is 0 Å². The summed E-state index contributed by atoms with van der Waals surface area (Å²) in [6, 6.07) is 0. The van der Waals surface area contributed by atoms with Crippen LogP contribution in [-0.4, -0.2) is 28.4 Å². The van der Waals surface area contributed by atoms with Crippen LogP contribution in [0.4, 0.5) is 0 Å². The van der Waals surface area contributed by atoms with Crippen molar-refractivity contribution in [2.24, 2.45) is 0 Å². The van der Waals surface area contributed by atoms with Crippen LogP contribution in [0.1, 0.15) is 16.8 Å². The smallest absolute Gasteiger partial charge is 0.274 e. The lowest BCUT2D eigenvalue weighted by atomic mass is 10.4. The van der Waals surface area contributed by atoms with Gasteiger partial charge >= 0.3 is 0 Å². The van der Waals surface area contributed by atoms with Gasteiger partial charge in [0.2, 0.25) is 0 Å². The summed E-state index contributed by atoms with van der Waals surface area (Å²) in [6.07, 6.45) is 2.69. The number of nitrogens with zero attached hydrogens (tertiary/aromatic N) is 3. The first kappa shape index (κ1) is 13.9. The molecule has 1 rings (SSSR count). The molecule has 1 aromatic rings. The van der Waals surface area contributed by atoms with Gasteiger partial charge in [0.1, 0.15) is 4.95 Å². The Morgan fingerprint density at radius 1 is 1.88 bits per heavy atom.